The number of benzene rings is 2. The first-order chi connectivity index (χ1) is 12.1. The van der Waals surface area contributed by atoms with Gasteiger partial charge in [0.2, 0.25) is 5.91 Å². The van der Waals surface area contributed by atoms with Crippen LogP contribution in [0.4, 0.5) is 28.9 Å². The third kappa shape index (κ3) is 4.81. The predicted octanol–water partition coefficient (Wildman–Crippen LogP) is 4.69. The summed E-state index contributed by atoms with van der Waals surface area (Å²) in [4.78, 5) is 23.7. The highest BCUT2D eigenvalue weighted by molar-refractivity contribution is 6.04. The lowest BCUT2D eigenvalue weighted by Crippen LogP contribution is -2.21. The average Bonchev–Trinajstić information content (AvgIpc) is 2.55. The Morgan fingerprint density at radius 1 is 0.962 bits per heavy atom. The summed E-state index contributed by atoms with van der Waals surface area (Å²) in [5, 5.41) is 4.54. The minimum atomic E-state index is -4.73. The highest BCUT2D eigenvalue weighted by Gasteiger charge is 2.34. The van der Waals surface area contributed by atoms with Gasteiger partial charge in [0.15, 0.2) is 0 Å². The molecule has 2 N–H and O–H groups in total. The molecule has 0 saturated heterocycles. The number of anilines is 2. The van der Waals surface area contributed by atoms with Gasteiger partial charge in [-0.1, -0.05) is 13.8 Å². The number of nitrogens with one attached hydrogen (secondary N) is 2. The molecule has 0 aliphatic carbocycles. The van der Waals surface area contributed by atoms with Crippen molar-refractivity contribution < 1.29 is 27.2 Å². The first-order valence-electron chi connectivity index (χ1n) is 7.67. The highest BCUT2D eigenvalue weighted by Crippen LogP contribution is 2.36. The summed E-state index contributed by atoms with van der Waals surface area (Å²) in [5.74, 6) is -2.27. The fraction of sp³-hybridized carbons (Fsp3) is 0.222. The van der Waals surface area contributed by atoms with Crippen molar-refractivity contribution in [2.24, 2.45) is 5.92 Å². The molecule has 0 atom stereocenters. The molecule has 0 heterocycles. The predicted molar refractivity (Wildman–Crippen MR) is 89.3 cm³/mol. The van der Waals surface area contributed by atoms with Crippen molar-refractivity contribution in [1.82, 2.24) is 0 Å². The highest BCUT2D eigenvalue weighted by atomic mass is 19.4. The van der Waals surface area contributed by atoms with Gasteiger partial charge in [0.25, 0.3) is 5.91 Å². The molecular formula is C18H16F4N2O2. The number of carbonyl (C=O) groups is 2. The van der Waals surface area contributed by atoms with Crippen molar-refractivity contribution in [2.45, 2.75) is 20.0 Å². The average molecular weight is 368 g/mol. The van der Waals surface area contributed by atoms with Crippen LogP contribution in [0.25, 0.3) is 0 Å². The number of amides is 2. The summed E-state index contributed by atoms with van der Waals surface area (Å²) in [6, 6.07) is 7.62. The van der Waals surface area contributed by atoms with Crippen LogP contribution >= 0.6 is 0 Å². The summed E-state index contributed by atoms with van der Waals surface area (Å²) in [7, 11) is 0. The lowest BCUT2D eigenvalue weighted by molar-refractivity contribution is -0.137. The fourth-order valence-electron chi connectivity index (χ4n) is 2.05. The molecule has 0 saturated carbocycles. The van der Waals surface area contributed by atoms with Gasteiger partial charge in [-0.25, -0.2) is 4.39 Å². The van der Waals surface area contributed by atoms with Gasteiger partial charge >= 0.3 is 6.18 Å². The lowest BCUT2D eigenvalue weighted by atomic mass is 10.1. The fourth-order valence-corrected chi connectivity index (χ4v) is 2.05. The number of halogens is 4. The van der Waals surface area contributed by atoms with E-state index >= 15 is 0 Å². The standard InChI is InChI=1S/C18H16F4N2O2/c1-10(2)16(25)24-15-8-7-13(9-14(15)18(20,21)22)23-17(26)11-3-5-12(19)6-4-11/h3-10H,1-2H3,(H,23,26)(H,24,25). The van der Waals surface area contributed by atoms with Gasteiger partial charge in [-0.3, -0.25) is 9.59 Å². The van der Waals surface area contributed by atoms with E-state index in [0.717, 1.165) is 24.3 Å². The van der Waals surface area contributed by atoms with Gasteiger partial charge in [-0.2, -0.15) is 13.2 Å². The van der Waals surface area contributed by atoms with E-state index < -0.39 is 41.0 Å². The number of carbonyl (C=O) groups excluding carboxylic acids is 2. The summed E-state index contributed by atoms with van der Waals surface area (Å²) >= 11 is 0. The number of rotatable bonds is 4. The number of hydrogen-bond acceptors (Lipinski definition) is 2. The summed E-state index contributed by atoms with van der Waals surface area (Å²) in [5.41, 5.74) is -1.48. The zero-order chi connectivity index (χ0) is 19.5. The molecular weight excluding hydrogens is 352 g/mol. The zero-order valence-corrected chi connectivity index (χ0v) is 13.9. The third-order valence-electron chi connectivity index (χ3n) is 3.47. The normalized spacial score (nSPS) is 11.3. The van der Waals surface area contributed by atoms with Crippen molar-refractivity contribution in [3.8, 4) is 0 Å². The second-order valence-corrected chi connectivity index (χ2v) is 5.86. The van der Waals surface area contributed by atoms with E-state index in [1.807, 2.05) is 0 Å². The molecule has 26 heavy (non-hydrogen) atoms. The maximum Gasteiger partial charge on any atom is 0.418 e. The molecule has 0 spiro atoms. The van der Waals surface area contributed by atoms with Crippen molar-refractivity contribution in [3.05, 3.63) is 59.4 Å². The monoisotopic (exact) mass is 368 g/mol. The summed E-state index contributed by atoms with van der Waals surface area (Å²) in [6.07, 6.45) is -4.73. The smallest absolute Gasteiger partial charge is 0.325 e. The Morgan fingerprint density at radius 3 is 2.12 bits per heavy atom. The van der Waals surface area contributed by atoms with E-state index in [-0.39, 0.29) is 11.3 Å². The number of hydrogen-bond donors (Lipinski definition) is 2. The third-order valence-corrected chi connectivity index (χ3v) is 3.47. The Labute approximate surface area is 147 Å². The Morgan fingerprint density at radius 2 is 1.58 bits per heavy atom. The molecule has 2 aromatic carbocycles. The molecule has 2 amide bonds. The number of alkyl halides is 3. The van der Waals surface area contributed by atoms with E-state index in [0.29, 0.717) is 0 Å². The van der Waals surface area contributed by atoms with Crippen LogP contribution in [0.2, 0.25) is 0 Å². The molecule has 0 aliphatic heterocycles. The molecule has 0 fully saturated rings. The van der Waals surface area contributed by atoms with E-state index in [2.05, 4.69) is 10.6 Å². The van der Waals surface area contributed by atoms with E-state index in [9.17, 15) is 27.2 Å². The minimum absolute atomic E-state index is 0.0946. The first-order valence-corrected chi connectivity index (χ1v) is 7.67. The Kier molecular flexibility index (Phi) is 5.64. The maximum atomic E-state index is 13.3. The van der Waals surface area contributed by atoms with Crippen LogP contribution in [0.15, 0.2) is 42.5 Å². The van der Waals surface area contributed by atoms with Crippen LogP contribution in [0, 0.1) is 11.7 Å². The van der Waals surface area contributed by atoms with Gasteiger partial charge in [-0.05, 0) is 42.5 Å². The van der Waals surface area contributed by atoms with Crippen molar-refractivity contribution in [2.75, 3.05) is 10.6 Å². The van der Waals surface area contributed by atoms with Gasteiger partial charge in [-0.15, -0.1) is 0 Å². The minimum Gasteiger partial charge on any atom is -0.325 e. The molecule has 2 rings (SSSR count). The molecule has 2 aromatic rings. The summed E-state index contributed by atoms with van der Waals surface area (Å²) < 4.78 is 52.7. The topological polar surface area (TPSA) is 58.2 Å². The molecule has 0 bridgehead atoms. The van der Waals surface area contributed by atoms with Gasteiger partial charge < -0.3 is 10.6 Å². The van der Waals surface area contributed by atoms with Crippen molar-refractivity contribution in [3.63, 3.8) is 0 Å². The van der Waals surface area contributed by atoms with Crippen LogP contribution in [0.5, 0.6) is 0 Å². The van der Waals surface area contributed by atoms with Crippen LogP contribution in [-0.2, 0) is 11.0 Å². The first kappa shape index (κ1) is 19.4. The Balaban J connectivity index is 2.29. The van der Waals surface area contributed by atoms with Crippen molar-refractivity contribution in [1.29, 1.82) is 0 Å². The molecule has 0 radical (unpaired) electrons. The second-order valence-electron chi connectivity index (χ2n) is 5.86. The molecule has 0 aliphatic rings. The van der Waals surface area contributed by atoms with E-state index in [1.54, 1.807) is 13.8 Å². The van der Waals surface area contributed by atoms with Gasteiger partial charge in [0.05, 0.1) is 11.3 Å². The lowest BCUT2D eigenvalue weighted by Gasteiger charge is -2.16. The molecule has 0 unspecified atom stereocenters. The molecule has 4 nitrogen and oxygen atoms in total. The van der Waals surface area contributed by atoms with Gasteiger partial charge in [0, 0.05) is 17.2 Å². The van der Waals surface area contributed by atoms with Crippen LogP contribution in [0.1, 0.15) is 29.8 Å². The van der Waals surface area contributed by atoms with Crippen molar-refractivity contribution >= 4 is 23.2 Å². The second kappa shape index (κ2) is 7.55. The molecule has 138 valence electrons. The summed E-state index contributed by atoms with van der Waals surface area (Å²) in [6.45, 7) is 3.11. The largest absolute Gasteiger partial charge is 0.418 e. The Bertz CT molecular complexity index is 815. The maximum absolute atomic E-state index is 13.3. The van der Waals surface area contributed by atoms with Gasteiger partial charge in [0.1, 0.15) is 5.82 Å². The SMILES string of the molecule is CC(C)C(=O)Nc1ccc(NC(=O)c2ccc(F)cc2)cc1C(F)(F)F. The molecule has 8 heteroatoms. The van der Waals surface area contributed by atoms with E-state index in [1.165, 1.54) is 18.2 Å². The quantitative estimate of drug-likeness (QED) is 0.769. The van der Waals surface area contributed by atoms with E-state index in [4.69, 9.17) is 0 Å². The zero-order valence-electron chi connectivity index (χ0n) is 13.9. The Hall–Kier alpha value is -2.90. The van der Waals surface area contributed by atoms with Crippen LogP contribution in [0.3, 0.4) is 0 Å². The van der Waals surface area contributed by atoms with Crippen LogP contribution in [-0.4, -0.2) is 11.8 Å². The van der Waals surface area contributed by atoms with Crippen LogP contribution < -0.4 is 10.6 Å². The molecule has 0 aromatic heterocycles.